The Morgan fingerprint density at radius 3 is 2.19 bits per heavy atom. The molecular weight excluding hydrogens is 808 g/mol. The molecule has 0 spiro atoms. The molecule has 0 saturated carbocycles. The monoisotopic (exact) mass is 885 g/mol. The van der Waals surface area contributed by atoms with Gasteiger partial charge in [0.1, 0.15) is 42.9 Å². The fraction of sp³-hybridized carbons (Fsp3) is 0.844. The summed E-state index contributed by atoms with van der Waals surface area (Å²) >= 11 is 0. The second kappa shape index (κ2) is 23.7. The van der Waals surface area contributed by atoms with Gasteiger partial charge in [-0.15, -0.1) is 0 Å². The molecule has 0 aromatic carbocycles. The van der Waals surface area contributed by atoms with E-state index in [1.807, 2.05) is 52.2 Å². The Labute approximate surface area is 368 Å². The highest BCUT2D eigenvalue weighted by atomic mass is 16.7. The second-order valence-corrected chi connectivity index (χ2v) is 18.4. The number of aliphatic hydroxyl groups is 3. The average molecular weight is 885 g/mol. The van der Waals surface area contributed by atoms with E-state index in [4.69, 9.17) is 42.6 Å². The van der Waals surface area contributed by atoms with Gasteiger partial charge in [-0.05, 0) is 93.9 Å². The maximum absolute atomic E-state index is 13.4. The van der Waals surface area contributed by atoms with Crippen LogP contribution in [0.4, 0.5) is 0 Å². The number of nitrogens with zero attached hydrogens (tertiary/aromatic N) is 2. The molecule has 0 aliphatic carbocycles. The summed E-state index contributed by atoms with van der Waals surface area (Å²) in [5.41, 5.74) is -1.49. The van der Waals surface area contributed by atoms with E-state index in [1.54, 1.807) is 39.8 Å². The zero-order valence-corrected chi connectivity index (χ0v) is 38.9. The molecule has 4 aliphatic rings. The Bertz CT molecular complexity index is 1480. The predicted molar refractivity (Wildman–Crippen MR) is 226 cm³/mol. The number of rotatable bonds is 12. The molecule has 13 unspecified atom stereocenters. The third-order valence-corrected chi connectivity index (χ3v) is 12.7. The first kappa shape index (κ1) is 52.2. The summed E-state index contributed by atoms with van der Waals surface area (Å²) in [5.74, 6) is -2.21. The third-order valence-electron chi connectivity index (χ3n) is 12.7. The number of methoxy groups -OCH3 is 1. The summed E-state index contributed by atoms with van der Waals surface area (Å²) in [6.45, 7) is 12.0. The summed E-state index contributed by atoms with van der Waals surface area (Å²) < 4.78 is 56.3. The smallest absolute Gasteiger partial charge is 0.309 e. The van der Waals surface area contributed by atoms with Crippen molar-refractivity contribution >= 4 is 18.2 Å². The molecule has 0 aromatic rings. The highest BCUT2D eigenvalue weighted by molar-refractivity contribution is 5.72. The van der Waals surface area contributed by atoms with Crippen LogP contribution in [0.5, 0.6) is 0 Å². The number of likely N-dealkylation sites (N-methyl/N-ethyl adjacent to an activating group) is 2. The first-order valence-electron chi connectivity index (χ1n) is 22.2. The van der Waals surface area contributed by atoms with Gasteiger partial charge in [-0.1, -0.05) is 31.2 Å². The van der Waals surface area contributed by atoms with Gasteiger partial charge >= 0.3 is 11.9 Å². The summed E-state index contributed by atoms with van der Waals surface area (Å²) in [6, 6.07) is -0.509. The SMILES string of the molecule is COC1[C@@H](OC2OC(C)C(OC3CC(C)(O)C(O)C(C)O3)C(N(C)C)C2O)[C@@H](CC=O)C[C@@H](C)[C@H](OC2CCC(N(C)C)C(C)O2)/C=C/C=C/C[C@@H](C)OC(=O)C[C@H]1OC(C)=O. The van der Waals surface area contributed by atoms with Crippen LogP contribution in [0.25, 0.3) is 0 Å². The minimum Gasteiger partial charge on any atom is -0.462 e. The zero-order valence-electron chi connectivity index (χ0n) is 38.9. The summed E-state index contributed by atoms with van der Waals surface area (Å²) in [5, 5.41) is 33.6. The molecule has 3 saturated heterocycles. The van der Waals surface area contributed by atoms with E-state index in [2.05, 4.69) is 4.90 Å². The van der Waals surface area contributed by atoms with Crippen molar-refractivity contribution in [3.63, 3.8) is 0 Å². The lowest BCUT2D eigenvalue weighted by molar-refractivity contribution is -0.344. The number of cyclic esters (lactones) is 1. The van der Waals surface area contributed by atoms with Gasteiger partial charge in [0.2, 0.25) is 0 Å². The van der Waals surface area contributed by atoms with Gasteiger partial charge in [0.05, 0.1) is 48.6 Å². The first-order chi connectivity index (χ1) is 29.2. The van der Waals surface area contributed by atoms with Gasteiger partial charge < -0.3 is 72.5 Å². The summed E-state index contributed by atoms with van der Waals surface area (Å²) in [4.78, 5) is 42.7. The minimum absolute atomic E-state index is 0.0293. The fourth-order valence-electron chi connectivity index (χ4n) is 9.40. The summed E-state index contributed by atoms with van der Waals surface area (Å²) in [6.07, 6.45) is -1.81. The van der Waals surface area contributed by atoms with Gasteiger partial charge in [-0.25, -0.2) is 0 Å². The molecular formula is C45H76N2O15. The van der Waals surface area contributed by atoms with Crippen LogP contribution in [0, 0.1) is 11.8 Å². The molecule has 0 bridgehead atoms. The Hall–Kier alpha value is -2.39. The van der Waals surface area contributed by atoms with Crippen molar-refractivity contribution < 1.29 is 72.3 Å². The molecule has 0 amide bonds. The van der Waals surface area contributed by atoms with Crippen molar-refractivity contribution in [2.75, 3.05) is 35.3 Å². The van der Waals surface area contributed by atoms with Gasteiger partial charge in [-0.2, -0.15) is 0 Å². The van der Waals surface area contributed by atoms with Crippen molar-refractivity contribution in [2.24, 2.45) is 11.8 Å². The number of aliphatic hydroxyl groups excluding tert-OH is 2. The van der Waals surface area contributed by atoms with E-state index in [0.29, 0.717) is 19.3 Å². The molecule has 62 heavy (non-hydrogen) atoms. The Morgan fingerprint density at radius 2 is 1.60 bits per heavy atom. The lowest BCUT2D eigenvalue weighted by Crippen LogP contribution is -2.65. The number of carbonyl (C=O) groups is 3. The van der Waals surface area contributed by atoms with Crippen LogP contribution in [0.1, 0.15) is 93.4 Å². The molecule has 19 atom stereocenters. The van der Waals surface area contributed by atoms with Crippen LogP contribution in [-0.2, 0) is 57.0 Å². The molecule has 17 heteroatoms. The van der Waals surface area contributed by atoms with Crippen LogP contribution in [0.3, 0.4) is 0 Å². The molecule has 4 rings (SSSR count). The van der Waals surface area contributed by atoms with E-state index in [-0.39, 0.29) is 37.3 Å². The zero-order chi connectivity index (χ0) is 46.1. The Kier molecular flexibility index (Phi) is 20.0. The Morgan fingerprint density at radius 1 is 0.903 bits per heavy atom. The lowest BCUT2D eigenvalue weighted by atomic mass is 9.82. The van der Waals surface area contributed by atoms with E-state index >= 15 is 0 Å². The van der Waals surface area contributed by atoms with Crippen molar-refractivity contribution in [1.82, 2.24) is 9.80 Å². The van der Waals surface area contributed by atoms with Crippen molar-refractivity contribution in [1.29, 1.82) is 0 Å². The van der Waals surface area contributed by atoms with E-state index in [9.17, 15) is 29.7 Å². The number of aldehydes is 1. The third kappa shape index (κ3) is 14.1. The van der Waals surface area contributed by atoms with Crippen LogP contribution in [-0.4, -0.2) is 182 Å². The number of hydrogen-bond donors (Lipinski definition) is 3. The van der Waals surface area contributed by atoms with Gasteiger partial charge in [0.15, 0.2) is 18.9 Å². The number of hydrogen-bond acceptors (Lipinski definition) is 17. The minimum atomic E-state index is -1.49. The highest BCUT2D eigenvalue weighted by Gasteiger charge is 2.52. The normalized spacial score (nSPS) is 44.0. The maximum Gasteiger partial charge on any atom is 0.309 e. The predicted octanol–water partition coefficient (Wildman–Crippen LogP) is 2.90. The molecule has 4 heterocycles. The maximum atomic E-state index is 13.4. The van der Waals surface area contributed by atoms with Crippen LogP contribution < -0.4 is 0 Å². The average Bonchev–Trinajstić information content (AvgIpc) is 3.16. The largest absolute Gasteiger partial charge is 0.462 e. The van der Waals surface area contributed by atoms with Crippen molar-refractivity contribution in [3.05, 3.63) is 24.3 Å². The topological polar surface area (TPSA) is 201 Å². The first-order valence-corrected chi connectivity index (χ1v) is 22.2. The van der Waals surface area contributed by atoms with Gasteiger partial charge in [0.25, 0.3) is 0 Å². The molecule has 3 fully saturated rings. The number of carbonyl (C=O) groups excluding carboxylic acids is 3. The molecule has 3 N–H and O–H groups in total. The quantitative estimate of drug-likeness (QED) is 0.191. The van der Waals surface area contributed by atoms with E-state index in [0.717, 1.165) is 12.7 Å². The van der Waals surface area contributed by atoms with Crippen molar-refractivity contribution in [3.8, 4) is 0 Å². The molecule has 4 aliphatic heterocycles. The molecule has 0 aromatic heterocycles. The number of allylic oxidation sites excluding steroid dienone is 2. The highest BCUT2D eigenvalue weighted by Crippen LogP contribution is 2.38. The second-order valence-electron chi connectivity index (χ2n) is 18.4. The van der Waals surface area contributed by atoms with Crippen LogP contribution in [0.2, 0.25) is 0 Å². The van der Waals surface area contributed by atoms with Crippen molar-refractivity contribution in [2.45, 2.75) is 197 Å². The lowest BCUT2D eigenvalue weighted by Gasteiger charge is -2.50. The summed E-state index contributed by atoms with van der Waals surface area (Å²) in [7, 11) is 9.02. The molecule has 0 radical (unpaired) electrons. The number of esters is 2. The van der Waals surface area contributed by atoms with Crippen LogP contribution in [0.15, 0.2) is 24.3 Å². The van der Waals surface area contributed by atoms with E-state index < -0.39 is 109 Å². The molecule has 17 nitrogen and oxygen atoms in total. The van der Waals surface area contributed by atoms with Crippen LogP contribution >= 0.6 is 0 Å². The molecule has 356 valence electrons. The standard InChI is InChI=1S/C45H76N2O15/c1-25-22-31(20-21-48)41(62-44-39(51)38(47(10)11)40(28(4)58-44)61-37-24-45(7,53)43(52)29(5)57-37)42(54-12)34(59-30(6)49)23-35(50)55-26(2)16-14-13-15-17-33(25)60-36-19-18-32(46(8)9)27(3)56-36/h13-15,17,21,25-29,31-34,36-44,51-53H,16,18-20,22-24H2,1-12H3/b14-13+,17-15+/t25-,26-,27?,28?,29?,31+,32?,33-,34-,36?,37?,38?,39?,40?,41+,42?,43?,44?,45?/m1/s1. The van der Waals surface area contributed by atoms with E-state index in [1.165, 1.54) is 21.0 Å². The Balaban J connectivity index is 1.73. The number of ether oxygens (including phenoxy) is 9. The van der Waals surface area contributed by atoms with Gasteiger partial charge in [0, 0.05) is 39.3 Å². The fourth-order valence-corrected chi connectivity index (χ4v) is 9.40. The van der Waals surface area contributed by atoms with Gasteiger partial charge in [-0.3, -0.25) is 9.59 Å².